The molecule has 1 saturated carbocycles. The number of nitrogens with one attached hydrogen (secondary N) is 1. The molecule has 2 aliphatic rings. The molecule has 0 aromatic carbocycles. The molecule has 0 aromatic heterocycles. The van der Waals surface area contributed by atoms with Crippen LogP contribution in [-0.4, -0.2) is 35.5 Å². The van der Waals surface area contributed by atoms with Crippen molar-refractivity contribution in [3.05, 3.63) is 0 Å². The molecule has 1 aliphatic heterocycles. The third-order valence-electron chi connectivity index (χ3n) is 5.43. The fraction of sp³-hybridized carbons (Fsp3) is 1.00. The maximum atomic E-state index is 9.81. The Morgan fingerprint density at radius 1 is 1.28 bits per heavy atom. The lowest BCUT2D eigenvalue weighted by Crippen LogP contribution is -2.63. The second kappa shape index (κ2) is 5.10. The molecule has 0 spiro atoms. The largest absolute Gasteiger partial charge is 0.392 e. The number of rotatable bonds is 4. The fourth-order valence-electron chi connectivity index (χ4n) is 3.38. The van der Waals surface area contributed by atoms with E-state index in [1.54, 1.807) is 0 Å². The fourth-order valence-corrected chi connectivity index (χ4v) is 3.38. The summed E-state index contributed by atoms with van der Waals surface area (Å²) in [6.45, 7) is 9.64. The molecule has 0 amide bonds. The lowest BCUT2D eigenvalue weighted by Gasteiger charge is -2.52. The van der Waals surface area contributed by atoms with Crippen LogP contribution in [-0.2, 0) is 4.74 Å². The normalized spacial score (nSPS) is 38.2. The van der Waals surface area contributed by atoms with Gasteiger partial charge in [-0.1, -0.05) is 27.7 Å². The minimum atomic E-state index is -0.142. The van der Waals surface area contributed by atoms with Crippen LogP contribution in [0.2, 0.25) is 0 Å². The Hall–Kier alpha value is -0.120. The maximum absolute atomic E-state index is 9.81. The molecular weight excluding hydrogens is 226 g/mol. The molecule has 1 saturated heterocycles. The highest BCUT2D eigenvalue weighted by Gasteiger charge is 2.48. The van der Waals surface area contributed by atoms with Gasteiger partial charge in [0.05, 0.1) is 11.7 Å². The molecule has 3 unspecified atom stereocenters. The van der Waals surface area contributed by atoms with Gasteiger partial charge in [0.25, 0.3) is 0 Å². The Morgan fingerprint density at radius 2 is 1.94 bits per heavy atom. The Morgan fingerprint density at radius 3 is 2.44 bits per heavy atom. The summed E-state index contributed by atoms with van der Waals surface area (Å²) < 4.78 is 6.01. The van der Waals surface area contributed by atoms with E-state index in [0.29, 0.717) is 12.1 Å². The number of hydrogen-bond donors (Lipinski definition) is 2. The molecule has 0 radical (unpaired) electrons. The zero-order valence-electron chi connectivity index (χ0n) is 12.3. The molecule has 2 rings (SSSR count). The van der Waals surface area contributed by atoms with Crippen molar-refractivity contribution in [1.82, 2.24) is 5.32 Å². The lowest BCUT2D eigenvalue weighted by molar-refractivity contribution is -0.112. The van der Waals surface area contributed by atoms with E-state index in [0.717, 1.165) is 38.7 Å². The van der Waals surface area contributed by atoms with Gasteiger partial charge in [0.2, 0.25) is 0 Å². The van der Waals surface area contributed by atoms with Crippen molar-refractivity contribution in [3.63, 3.8) is 0 Å². The summed E-state index contributed by atoms with van der Waals surface area (Å²) in [5.41, 5.74) is 0.113. The smallest absolute Gasteiger partial charge is 0.0692 e. The molecule has 2 N–H and O–H groups in total. The summed E-state index contributed by atoms with van der Waals surface area (Å²) in [4.78, 5) is 0. The summed E-state index contributed by atoms with van der Waals surface area (Å²) in [7, 11) is 0. The van der Waals surface area contributed by atoms with Gasteiger partial charge in [-0.25, -0.2) is 0 Å². The Balaban J connectivity index is 1.91. The SMILES string of the molecule is CCC1(CC)CC(NC2CC(O)C2(C)C)CCO1. The van der Waals surface area contributed by atoms with Crippen LogP contribution < -0.4 is 5.32 Å². The Kier molecular flexibility index (Phi) is 4.05. The summed E-state index contributed by atoms with van der Waals surface area (Å²) >= 11 is 0. The quantitative estimate of drug-likeness (QED) is 0.811. The van der Waals surface area contributed by atoms with E-state index in [1.807, 2.05) is 0 Å². The average molecular weight is 255 g/mol. The maximum Gasteiger partial charge on any atom is 0.0692 e. The first-order valence-corrected chi connectivity index (χ1v) is 7.51. The van der Waals surface area contributed by atoms with Gasteiger partial charge >= 0.3 is 0 Å². The van der Waals surface area contributed by atoms with Gasteiger partial charge in [-0.3, -0.25) is 0 Å². The summed E-state index contributed by atoms with van der Waals surface area (Å²) in [5.74, 6) is 0. The molecule has 1 heterocycles. The van der Waals surface area contributed by atoms with Gasteiger partial charge < -0.3 is 15.2 Å². The zero-order valence-corrected chi connectivity index (χ0v) is 12.3. The minimum absolute atomic E-state index is 0.0272. The first-order chi connectivity index (χ1) is 8.43. The van der Waals surface area contributed by atoms with Crippen molar-refractivity contribution in [1.29, 1.82) is 0 Å². The highest BCUT2D eigenvalue weighted by atomic mass is 16.5. The van der Waals surface area contributed by atoms with Crippen LogP contribution in [0.1, 0.15) is 59.8 Å². The van der Waals surface area contributed by atoms with Crippen molar-refractivity contribution < 1.29 is 9.84 Å². The topological polar surface area (TPSA) is 41.5 Å². The van der Waals surface area contributed by atoms with E-state index < -0.39 is 0 Å². The molecule has 1 aliphatic carbocycles. The van der Waals surface area contributed by atoms with Crippen LogP contribution in [0.5, 0.6) is 0 Å². The minimum Gasteiger partial charge on any atom is -0.392 e. The second-order valence-electron chi connectivity index (χ2n) is 6.72. The second-order valence-corrected chi connectivity index (χ2v) is 6.72. The van der Waals surface area contributed by atoms with Crippen LogP contribution in [0.15, 0.2) is 0 Å². The molecule has 106 valence electrons. The predicted octanol–water partition coefficient (Wildman–Crippen LogP) is 2.47. The first-order valence-electron chi connectivity index (χ1n) is 7.51. The van der Waals surface area contributed by atoms with Crippen molar-refractivity contribution in [2.24, 2.45) is 5.41 Å². The van der Waals surface area contributed by atoms with Gasteiger partial charge in [-0.15, -0.1) is 0 Å². The standard InChI is InChI=1S/C15H29NO2/c1-5-15(6-2)10-11(7-8-18-15)16-12-9-13(17)14(12,3)4/h11-13,16-17H,5-10H2,1-4H3. The molecule has 3 nitrogen and oxygen atoms in total. The number of hydrogen-bond acceptors (Lipinski definition) is 3. The van der Waals surface area contributed by atoms with Gasteiger partial charge in [0, 0.05) is 24.1 Å². The highest BCUT2D eigenvalue weighted by Crippen LogP contribution is 2.41. The van der Waals surface area contributed by atoms with Crippen LogP contribution in [0.25, 0.3) is 0 Å². The van der Waals surface area contributed by atoms with Crippen molar-refractivity contribution >= 4 is 0 Å². The van der Waals surface area contributed by atoms with Crippen LogP contribution in [0.4, 0.5) is 0 Å². The molecule has 0 bridgehead atoms. The van der Waals surface area contributed by atoms with Crippen LogP contribution >= 0.6 is 0 Å². The highest BCUT2D eigenvalue weighted by molar-refractivity contribution is 5.03. The van der Waals surface area contributed by atoms with E-state index >= 15 is 0 Å². The number of ether oxygens (including phenoxy) is 1. The monoisotopic (exact) mass is 255 g/mol. The average Bonchev–Trinajstić information content (AvgIpc) is 2.38. The van der Waals surface area contributed by atoms with Crippen molar-refractivity contribution in [3.8, 4) is 0 Å². The predicted molar refractivity (Wildman–Crippen MR) is 73.6 cm³/mol. The van der Waals surface area contributed by atoms with Gasteiger partial charge in [-0.2, -0.15) is 0 Å². The summed E-state index contributed by atoms with van der Waals surface area (Å²) in [6.07, 6.45) is 5.16. The third kappa shape index (κ3) is 2.45. The van der Waals surface area contributed by atoms with Gasteiger partial charge in [-0.05, 0) is 32.1 Å². The Bertz CT molecular complexity index is 286. The molecule has 3 heteroatoms. The van der Waals surface area contributed by atoms with E-state index in [4.69, 9.17) is 4.74 Å². The van der Waals surface area contributed by atoms with Crippen molar-refractivity contribution in [2.75, 3.05) is 6.61 Å². The molecule has 0 aromatic rings. The van der Waals surface area contributed by atoms with E-state index in [9.17, 15) is 5.11 Å². The number of aliphatic hydroxyl groups is 1. The van der Waals surface area contributed by atoms with Gasteiger partial charge in [0.15, 0.2) is 0 Å². The van der Waals surface area contributed by atoms with E-state index in [1.165, 1.54) is 0 Å². The van der Waals surface area contributed by atoms with Gasteiger partial charge in [0.1, 0.15) is 0 Å². The number of aliphatic hydroxyl groups excluding tert-OH is 1. The van der Waals surface area contributed by atoms with Crippen molar-refractivity contribution in [2.45, 2.75) is 83.6 Å². The summed E-state index contributed by atoms with van der Waals surface area (Å²) in [6, 6.07) is 1.01. The molecule has 3 atom stereocenters. The first kappa shape index (κ1) is 14.3. The molecular formula is C15H29NO2. The molecule has 18 heavy (non-hydrogen) atoms. The van der Waals surface area contributed by atoms with Crippen LogP contribution in [0, 0.1) is 5.41 Å². The Labute approximate surface area is 111 Å². The van der Waals surface area contributed by atoms with E-state index in [-0.39, 0.29) is 17.1 Å². The van der Waals surface area contributed by atoms with E-state index in [2.05, 4.69) is 33.0 Å². The summed E-state index contributed by atoms with van der Waals surface area (Å²) in [5, 5.41) is 13.6. The zero-order chi connectivity index (χ0) is 13.4. The third-order valence-corrected chi connectivity index (χ3v) is 5.43. The lowest BCUT2D eigenvalue weighted by atomic mass is 9.64. The van der Waals surface area contributed by atoms with Crippen LogP contribution in [0.3, 0.4) is 0 Å². The molecule has 2 fully saturated rings.